The van der Waals surface area contributed by atoms with Gasteiger partial charge in [-0.1, -0.05) is 0 Å². The molecule has 0 unspecified atom stereocenters. The fourth-order valence-corrected chi connectivity index (χ4v) is 5.55. The number of carbonyl (C=O) groups excluding carboxylic acids is 1. The smallest absolute Gasteiger partial charge is 0.251 e. The molecule has 0 bridgehead atoms. The molecule has 2 heterocycles. The molecule has 2 aromatic heterocycles. The minimum Gasteiger partial charge on any atom is -0.362 e. The van der Waals surface area contributed by atoms with Gasteiger partial charge in [-0.15, -0.1) is 11.3 Å². The fraction of sp³-hybridized carbons (Fsp3) is 0.500. The molecule has 168 valence electrons. The van der Waals surface area contributed by atoms with Crippen LogP contribution in [0.25, 0.3) is 10.2 Å². The lowest BCUT2D eigenvalue weighted by molar-refractivity contribution is 0.0926. The van der Waals surface area contributed by atoms with Crippen LogP contribution in [0.5, 0.6) is 0 Å². The number of aromatic nitrogens is 3. The Kier molecular flexibility index (Phi) is 5.95. The van der Waals surface area contributed by atoms with Crippen LogP contribution in [0.1, 0.15) is 60.1 Å². The van der Waals surface area contributed by atoms with Crippen LogP contribution in [0.15, 0.2) is 23.7 Å². The number of aryl methyl sites for hydroxylation is 1. The normalized spacial score (nSPS) is 20.6. The fourth-order valence-electron chi connectivity index (χ4n) is 4.84. The third kappa shape index (κ3) is 4.41. The van der Waals surface area contributed by atoms with Gasteiger partial charge in [-0.2, -0.15) is 4.98 Å². The molecular formula is C24H30N6OS. The molecule has 3 aromatic rings. The first-order valence-electron chi connectivity index (χ1n) is 11.5. The zero-order chi connectivity index (χ0) is 22.1. The Morgan fingerprint density at radius 2 is 1.84 bits per heavy atom. The second-order valence-electron chi connectivity index (χ2n) is 9.10. The van der Waals surface area contributed by atoms with Crippen LogP contribution < -0.4 is 15.5 Å². The zero-order valence-corrected chi connectivity index (χ0v) is 19.5. The first-order valence-corrected chi connectivity index (χ1v) is 12.4. The summed E-state index contributed by atoms with van der Waals surface area (Å²) in [5.74, 6) is 1.81. The summed E-state index contributed by atoms with van der Waals surface area (Å²) in [5, 5.41) is 6.80. The van der Waals surface area contributed by atoms with Crippen LogP contribution in [0.3, 0.4) is 0 Å². The zero-order valence-electron chi connectivity index (χ0n) is 18.7. The van der Waals surface area contributed by atoms with Crippen molar-refractivity contribution >= 4 is 39.2 Å². The number of benzene rings is 1. The largest absolute Gasteiger partial charge is 0.362 e. The first-order chi connectivity index (χ1) is 15.6. The molecule has 2 aliphatic rings. The number of amides is 1. The third-order valence-electron chi connectivity index (χ3n) is 6.57. The number of carbonyl (C=O) groups is 1. The molecule has 0 saturated heterocycles. The molecule has 1 fully saturated rings. The lowest BCUT2D eigenvalue weighted by Crippen LogP contribution is -2.40. The SMILES string of the molecule is CN(C)c1nc(NC2CCC(NC(=O)c3ccc4ncsc4c3)CC2)nc2c1CCCC2. The molecule has 1 saturated carbocycles. The van der Waals surface area contributed by atoms with Crippen molar-refractivity contribution in [3.05, 3.63) is 40.5 Å². The Bertz CT molecular complexity index is 1120. The minimum atomic E-state index is 0.00496. The van der Waals surface area contributed by atoms with E-state index in [0.29, 0.717) is 11.6 Å². The number of anilines is 2. The second-order valence-corrected chi connectivity index (χ2v) is 9.99. The van der Waals surface area contributed by atoms with Gasteiger partial charge in [0.25, 0.3) is 5.91 Å². The lowest BCUT2D eigenvalue weighted by atomic mass is 9.91. The molecule has 0 atom stereocenters. The van der Waals surface area contributed by atoms with Gasteiger partial charge in [0.05, 0.1) is 21.4 Å². The number of rotatable bonds is 5. The van der Waals surface area contributed by atoms with E-state index < -0.39 is 0 Å². The van der Waals surface area contributed by atoms with Crippen LogP contribution in [0.4, 0.5) is 11.8 Å². The van der Waals surface area contributed by atoms with Crippen molar-refractivity contribution in [2.24, 2.45) is 0 Å². The molecule has 8 heteroatoms. The molecule has 7 nitrogen and oxygen atoms in total. The quantitative estimate of drug-likeness (QED) is 0.607. The van der Waals surface area contributed by atoms with E-state index in [2.05, 4.69) is 34.6 Å². The van der Waals surface area contributed by atoms with Gasteiger partial charge < -0.3 is 15.5 Å². The van der Waals surface area contributed by atoms with Crippen molar-refractivity contribution in [1.29, 1.82) is 0 Å². The molecule has 0 spiro atoms. The van der Waals surface area contributed by atoms with E-state index in [0.717, 1.165) is 60.5 Å². The Balaban J connectivity index is 1.19. The van der Waals surface area contributed by atoms with Crippen molar-refractivity contribution < 1.29 is 4.79 Å². The first kappa shape index (κ1) is 21.1. The molecule has 32 heavy (non-hydrogen) atoms. The van der Waals surface area contributed by atoms with Crippen molar-refractivity contribution in [1.82, 2.24) is 20.3 Å². The van der Waals surface area contributed by atoms with Crippen molar-refractivity contribution in [3.63, 3.8) is 0 Å². The van der Waals surface area contributed by atoms with E-state index in [1.54, 1.807) is 11.3 Å². The summed E-state index contributed by atoms with van der Waals surface area (Å²) in [4.78, 5) is 28.8. The minimum absolute atomic E-state index is 0.00496. The molecule has 5 rings (SSSR count). The maximum Gasteiger partial charge on any atom is 0.251 e. The number of hydrogen-bond acceptors (Lipinski definition) is 7. The average molecular weight is 451 g/mol. The van der Waals surface area contributed by atoms with Crippen molar-refractivity contribution in [3.8, 4) is 0 Å². The van der Waals surface area contributed by atoms with Crippen LogP contribution in [0, 0.1) is 0 Å². The number of hydrogen-bond donors (Lipinski definition) is 2. The van der Waals surface area contributed by atoms with E-state index >= 15 is 0 Å². The summed E-state index contributed by atoms with van der Waals surface area (Å²) in [7, 11) is 4.11. The summed E-state index contributed by atoms with van der Waals surface area (Å²) >= 11 is 1.56. The van der Waals surface area contributed by atoms with Gasteiger partial charge in [-0.05, 0) is 69.6 Å². The van der Waals surface area contributed by atoms with Gasteiger partial charge in [0.15, 0.2) is 0 Å². The van der Waals surface area contributed by atoms with Crippen LogP contribution >= 0.6 is 11.3 Å². The van der Waals surface area contributed by atoms with E-state index in [4.69, 9.17) is 9.97 Å². The highest BCUT2D eigenvalue weighted by atomic mass is 32.1. The predicted octanol–water partition coefficient (Wildman–Crippen LogP) is 4.18. The van der Waals surface area contributed by atoms with Gasteiger partial charge in [-0.3, -0.25) is 4.79 Å². The van der Waals surface area contributed by atoms with E-state index in [9.17, 15) is 4.79 Å². The molecule has 2 N–H and O–H groups in total. The number of fused-ring (bicyclic) bond motifs is 2. The number of nitrogens with zero attached hydrogens (tertiary/aromatic N) is 4. The maximum atomic E-state index is 12.7. The molecule has 0 radical (unpaired) electrons. The number of nitrogens with one attached hydrogen (secondary N) is 2. The van der Waals surface area contributed by atoms with E-state index in [1.807, 2.05) is 23.7 Å². The highest BCUT2D eigenvalue weighted by Crippen LogP contribution is 2.29. The molecule has 1 amide bonds. The Hall–Kier alpha value is -2.74. The van der Waals surface area contributed by atoms with Crippen LogP contribution in [-0.4, -0.2) is 47.0 Å². The van der Waals surface area contributed by atoms with Gasteiger partial charge in [0.1, 0.15) is 5.82 Å². The second kappa shape index (κ2) is 9.02. The Morgan fingerprint density at radius 3 is 2.66 bits per heavy atom. The summed E-state index contributed by atoms with van der Waals surface area (Å²) in [6.07, 6.45) is 8.45. The summed E-state index contributed by atoms with van der Waals surface area (Å²) in [6.45, 7) is 0. The monoisotopic (exact) mass is 450 g/mol. The molecule has 0 aliphatic heterocycles. The molecular weight excluding hydrogens is 420 g/mol. The third-order valence-corrected chi connectivity index (χ3v) is 7.37. The van der Waals surface area contributed by atoms with Crippen molar-refractivity contribution in [2.45, 2.75) is 63.5 Å². The topological polar surface area (TPSA) is 83.0 Å². The maximum absolute atomic E-state index is 12.7. The van der Waals surface area contributed by atoms with Gasteiger partial charge in [-0.25, -0.2) is 9.97 Å². The summed E-state index contributed by atoms with van der Waals surface area (Å²) in [6, 6.07) is 6.26. The van der Waals surface area contributed by atoms with E-state index in [-0.39, 0.29) is 11.9 Å². The Morgan fingerprint density at radius 1 is 1.06 bits per heavy atom. The van der Waals surface area contributed by atoms with E-state index in [1.165, 1.54) is 24.1 Å². The lowest BCUT2D eigenvalue weighted by Gasteiger charge is -2.30. The van der Waals surface area contributed by atoms with Crippen molar-refractivity contribution in [2.75, 3.05) is 24.3 Å². The van der Waals surface area contributed by atoms with Crippen LogP contribution in [0.2, 0.25) is 0 Å². The average Bonchev–Trinajstić information content (AvgIpc) is 3.27. The van der Waals surface area contributed by atoms with Gasteiger partial charge in [0, 0.05) is 37.3 Å². The predicted molar refractivity (Wildman–Crippen MR) is 130 cm³/mol. The summed E-state index contributed by atoms with van der Waals surface area (Å²) in [5.41, 5.74) is 5.99. The highest BCUT2D eigenvalue weighted by Gasteiger charge is 2.25. The number of thiazole rings is 1. The van der Waals surface area contributed by atoms with Crippen LogP contribution in [-0.2, 0) is 12.8 Å². The standard InChI is InChI=1S/C24H30N6OS/c1-30(2)22-18-5-3-4-6-19(18)28-24(29-22)27-17-10-8-16(9-11-17)26-23(31)15-7-12-20-21(13-15)32-14-25-20/h7,12-14,16-17H,3-6,8-11H2,1-2H3,(H,26,31)(H,27,28,29). The van der Waals surface area contributed by atoms with Gasteiger partial charge in [0.2, 0.25) is 5.95 Å². The highest BCUT2D eigenvalue weighted by molar-refractivity contribution is 7.16. The Labute approximate surface area is 192 Å². The molecule has 2 aliphatic carbocycles. The molecule has 1 aromatic carbocycles. The van der Waals surface area contributed by atoms with Gasteiger partial charge >= 0.3 is 0 Å². The summed E-state index contributed by atoms with van der Waals surface area (Å²) < 4.78 is 1.05.